The highest BCUT2D eigenvalue weighted by Gasteiger charge is 2.01. The van der Waals surface area contributed by atoms with E-state index >= 15 is 0 Å². The number of carbonyl (C=O) groups excluding carboxylic acids is 2. The fourth-order valence-corrected chi connectivity index (χ4v) is 2.82. The third-order valence-electron chi connectivity index (χ3n) is 4.36. The number of unbranched alkanes of at least 4 members (excludes halogenated alkanes) is 8. The Hall–Kier alpha value is -1.84. The molecule has 0 spiro atoms. The van der Waals surface area contributed by atoms with Gasteiger partial charge in [0.25, 0.3) is 0 Å². The SMILES string of the molecule is CCOC(=O)CCCCCCCCCCCOc1ccc(C(C)=O)cc1. The van der Waals surface area contributed by atoms with Crippen molar-refractivity contribution >= 4 is 11.8 Å². The van der Waals surface area contributed by atoms with Crippen LogP contribution in [0.3, 0.4) is 0 Å². The van der Waals surface area contributed by atoms with Gasteiger partial charge in [0.2, 0.25) is 0 Å². The van der Waals surface area contributed by atoms with E-state index in [1.165, 1.54) is 38.5 Å². The molecule has 0 fully saturated rings. The number of carbonyl (C=O) groups is 2. The number of ether oxygens (including phenoxy) is 2. The second kappa shape index (κ2) is 14.3. The second-order valence-corrected chi connectivity index (χ2v) is 6.67. The molecule has 0 saturated heterocycles. The molecule has 0 heterocycles. The predicted octanol–water partition coefficient (Wildman–Crippen LogP) is 5.73. The lowest BCUT2D eigenvalue weighted by atomic mass is 10.1. The molecule has 1 rings (SSSR count). The average Bonchev–Trinajstić information content (AvgIpc) is 2.63. The van der Waals surface area contributed by atoms with Crippen LogP contribution >= 0.6 is 0 Å². The van der Waals surface area contributed by atoms with E-state index < -0.39 is 0 Å². The minimum absolute atomic E-state index is 0.0653. The molecule has 0 aliphatic rings. The van der Waals surface area contributed by atoms with E-state index in [9.17, 15) is 9.59 Å². The van der Waals surface area contributed by atoms with Gasteiger partial charge in [-0.2, -0.15) is 0 Å². The van der Waals surface area contributed by atoms with Crippen molar-refractivity contribution in [1.82, 2.24) is 0 Å². The van der Waals surface area contributed by atoms with Gasteiger partial charge in [0.05, 0.1) is 13.2 Å². The summed E-state index contributed by atoms with van der Waals surface area (Å²) in [6, 6.07) is 7.34. The molecule has 4 heteroatoms. The zero-order valence-corrected chi connectivity index (χ0v) is 16.4. The summed E-state index contributed by atoms with van der Waals surface area (Å²) in [6.45, 7) is 4.62. The van der Waals surface area contributed by atoms with Crippen LogP contribution in [0.2, 0.25) is 0 Å². The van der Waals surface area contributed by atoms with Crippen LogP contribution in [0, 0.1) is 0 Å². The maximum atomic E-state index is 11.2. The Morgan fingerprint density at radius 3 is 1.88 bits per heavy atom. The van der Waals surface area contributed by atoms with Crippen molar-refractivity contribution in [1.29, 1.82) is 0 Å². The minimum Gasteiger partial charge on any atom is -0.494 e. The van der Waals surface area contributed by atoms with E-state index in [1.807, 2.05) is 31.2 Å². The van der Waals surface area contributed by atoms with Crippen molar-refractivity contribution < 1.29 is 19.1 Å². The lowest BCUT2D eigenvalue weighted by Gasteiger charge is -2.07. The van der Waals surface area contributed by atoms with E-state index in [-0.39, 0.29) is 11.8 Å². The van der Waals surface area contributed by atoms with Gasteiger partial charge in [0.1, 0.15) is 5.75 Å². The van der Waals surface area contributed by atoms with E-state index in [2.05, 4.69) is 0 Å². The van der Waals surface area contributed by atoms with Gasteiger partial charge in [0.15, 0.2) is 5.78 Å². The summed E-state index contributed by atoms with van der Waals surface area (Å²) in [6.07, 6.45) is 11.1. The summed E-state index contributed by atoms with van der Waals surface area (Å²) < 4.78 is 10.6. The average molecular weight is 363 g/mol. The van der Waals surface area contributed by atoms with Gasteiger partial charge in [-0.3, -0.25) is 9.59 Å². The van der Waals surface area contributed by atoms with Crippen molar-refractivity contribution in [2.75, 3.05) is 13.2 Å². The molecule has 0 amide bonds. The van der Waals surface area contributed by atoms with Crippen molar-refractivity contribution in [3.63, 3.8) is 0 Å². The van der Waals surface area contributed by atoms with Crippen molar-refractivity contribution in [2.24, 2.45) is 0 Å². The molecule has 1 aromatic rings. The van der Waals surface area contributed by atoms with Crippen LogP contribution in [0.1, 0.15) is 88.4 Å². The van der Waals surface area contributed by atoms with E-state index in [0.29, 0.717) is 13.0 Å². The predicted molar refractivity (Wildman–Crippen MR) is 105 cm³/mol. The molecule has 0 aromatic heterocycles. The minimum atomic E-state index is -0.0653. The molecule has 0 radical (unpaired) electrons. The third kappa shape index (κ3) is 10.9. The number of esters is 1. The van der Waals surface area contributed by atoms with E-state index in [4.69, 9.17) is 9.47 Å². The number of benzene rings is 1. The summed E-state index contributed by atoms with van der Waals surface area (Å²) in [7, 11) is 0. The van der Waals surface area contributed by atoms with Crippen LogP contribution in [0.25, 0.3) is 0 Å². The Morgan fingerprint density at radius 2 is 1.35 bits per heavy atom. The number of rotatable bonds is 15. The molecule has 0 saturated carbocycles. The Kier molecular flexibility index (Phi) is 12.2. The lowest BCUT2D eigenvalue weighted by Crippen LogP contribution is -2.03. The van der Waals surface area contributed by atoms with Gasteiger partial charge in [0, 0.05) is 12.0 Å². The quantitative estimate of drug-likeness (QED) is 0.227. The molecular weight excluding hydrogens is 328 g/mol. The summed E-state index contributed by atoms with van der Waals surface area (Å²) in [4.78, 5) is 22.4. The van der Waals surface area contributed by atoms with Gasteiger partial charge in [-0.25, -0.2) is 0 Å². The first-order valence-corrected chi connectivity index (χ1v) is 10.0. The van der Waals surface area contributed by atoms with Crippen molar-refractivity contribution in [3.05, 3.63) is 29.8 Å². The summed E-state index contributed by atoms with van der Waals surface area (Å²) in [5.41, 5.74) is 0.721. The normalized spacial score (nSPS) is 10.5. The number of hydrogen-bond donors (Lipinski definition) is 0. The number of Topliss-reactive ketones (excluding diaryl/α,β-unsaturated/α-hetero) is 1. The maximum absolute atomic E-state index is 11.2. The Morgan fingerprint density at radius 1 is 0.808 bits per heavy atom. The molecule has 1 aromatic carbocycles. The highest BCUT2D eigenvalue weighted by Crippen LogP contribution is 2.14. The standard InChI is InChI=1S/C22H34O4/c1-3-25-22(24)13-11-9-7-5-4-6-8-10-12-18-26-21-16-14-20(15-17-21)19(2)23/h14-17H,3-13,18H2,1-2H3. The molecule has 0 aliphatic carbocycles. The van der Waals surface area contributed by atoms with Crippen molar-refractivity contribution in [3.8, 4) is 5.75 Å². The summed E-state index contributed by atoms with van der Waals surface area (Å²) in [5.74, 6) is 0.845. The van der Waals surface area contributed by atoms with Gasteiger partial charge >= 0.3 is 5.97 Å². The third-order valence-corrected chi connectivity index (χ3v) is 4.36. The zero-order valence-electron chi connectivity index (χ0n) is 16.4. The second-order valence-electron chi connectivity index (χ2n) is 6.67. The van der Waals surface area contributed by atoms with Crippen LogP contribution in [-0.2, 0) is 9.53 Å². The summed E-state index contributed by atoms with van der Waals surface area (Å²) >= 11 is 0. The van der Waals surface area contributed by atoms with Crippen LogP contribution < -0.4 is 4.74 Å². The molecular formula is C22H34O4. The molecule has 0 bridgehead atoms. The molecule has 0 aliphatic heterocycles. The number of hydrogen-bond acceptors (Lipinski definition) is 4. The lowest BCUT2D eigenvalue weighted by molar-refractivity contribution is -0.143. The smallest absolute Gasteiger partial charge is 0.305 e. The largest absolute Gasteiger partial charge is 0.494 e. The van der Waals surface area contributed by atoms with Gasteiger partial charge in [-0.1, -0.05) is 44.9 Å². The zero-order chi connectivity index (χ0) is 19.0. The molecule has 146 valence electrons. The topological polar surface area (TPSA) is 52.6 Å². The summed E-state index contributed by atoms with van der Waals surface area (Å²) in [5, 5.41) is 0. The fourth-order valence-electron chi connectivity index (χ4n) is 2.82. The Labute approximate surface area is 158 Å². The van der Waals surface area contributed by atoms with E-state index in [1.54, 1.807) is 6.92 Å². The molecule has 4 nitrogen and oxygen atoms in total. The monoisotopic (exact) mass is 362 g/mol. The molecule has 26 heavy (non-hydrogen) atoms. The van der Waals surface area contributed by atoms with Crippen LogP contribution in [0.5, 0.6) is 5.75 Å². The first-order valence-electron chi connectivity index (χ1n) is 10.0. The Bertz CT molecular complexity index is 507. The number of ketones is 1. The van der Waals surface area contributed by atoms with Gasteiger partial charge < -0.3 is 9.47 Å². The first-order chi connectivity index (χ1) is 12.6. The van der Waals surface area contributed by atoms with Crippen LogP contribution in [0.15, 0.2) is 24.3 Å². The van der Waals surface area contributed by atoms with Crippen LogP contribution in [-0.4, -0.2) is 25.0 Å². The Balaban J connectivity index is 1.87. The molecule has 0 N–H and O–H groups in total. The highest BCUT2D eigenvalue weighted by atomic mass is 16.5. The molecule has 0 atom stereocenters. The van der Waals surface area contributed by atoms with E-state index in [0.717, 1.165) is 37.2 Å². The maximum Gasteiger partial charge on any atom is 0.305 e. The molecule has 0 unspecified atom stereocenters. The van der Waals surface area contributed by atoms with Gasteiger partial charge in [-0.15, -0.1) is 0 Å². The van der Waals surface area contributed by atoms with Crippen molar-refractivity contribution in [2.45, 2.75) is 78.1 Å². The highest BCUT2D eigenvalue weighted by molar-refractivity contribution is 5.94. The van der Waals surface area contributed by atoms with Gasteiger partial charge in [-0.05, 0) is 51.0 Å². The van der Waals surface area contributed by atoms with Crippen LogP contribution in [0.4, 0.5) is 0 Å². The fraction of sp³-hybridized carbons (Fsp3) is 0.636. The first kappa shape index (κ1) is 22.2.